The Kier molecular flexibility index (Phi) is 3.94. The fourth-order valence-corrected chi connectivity index (χ4v) is 4.45. The van der Waals surface area contributed by atoms with Crippen molar-refractivity contribution in [1.29, 1.82) is 0 Å². The molecule has 4 heteroatoms. The molecule has 0 N–H and O–H groups in total. The summed E-state index contributed by atoms with van der Waals surface area (Å²) in [5, 5.41) is 0. The second-order valence-corrected chi connectivity index (χ2v) is 7.59. The van der Waals surface area contributed by atoms with Crippen LogP contribution in [0.3, 0.4) is 0 Å². The van der Waals surface area contributed by atoms with Gasteiger partial charge in [-0.15, -0.1) is 0 Å². The van der Waals surface area contributed by atoms with Gasteiger partial charge in [-0.1, -0.05) is 37.5 Å². The predicted molar refractivity (Wildman–Crippen MR) is 67.4 cm³/mol. The van der Waals surface area contributed by atoms with Crippen molar-refractivity contribution in [2.45, 2.75) is 37.8 Å². The second kappa shape index (κ2) is 5.25. The summed E-state index contributed by atoms with van der Waals surface area (Å²) in [6.45, 7) is -3.02. The van der Waals surface area contributed by atoms with E-state index in [0.717, 1.165) is 25.7 Å². The monoisotopic (exact) mass is 258 g/mol. The van der Waals surface area contributed by atoms with Crippen LogP contribution in [0.15, 0.2) is 30.3 Å². The van der Waals surface area contributed by atoms with Crippen molar-refractivity contribution in [2.24, 2.45) is 0 Å². The van der Waals surface area contributed by atoms with E-state index in [0.29, 0.717) is 5.75 Å². The summed E-state index contributed by atoms with van der Waals surface area (Å²) in [7, 11) is 0. The Morgan fingerprint density at radius 3 is 2.38 bits per heavy atom. The summed E-state index contributed by atoms with van der Waals surface area (Å²) in [6, 6.07) is 9.18. The van der Waals surface area contributed by atoms with E-state index in [1.807, 2.05) is 18.2 Å². The molecule has 88 valence electrons. The zero-order valence-electron chi connectivity index (χ0n) is 9.14. The number of halogens is 1. The van der Waals surface area contributed by atoms with Crippen LogP contribution in [0.4, 0.5) is 0 Å². The third-order valence-electron chi connectivity index (χ3n) is 2.98. The van der Waals surface area contributed by atoms with E-state index in [-0.39, 0.29) is 5.66 Å². The smallest absolute Gasteiger partial charge is 0.339 e. The van der Waals surface area contributed by atoms with Gasteiger partial charge in [-0.25, -0.2) is 0 Å². The normalized spacial score (nSPS) is 21.3. The molecule has 1 aromatic rings. The van der Waals surface area contributed by atoms with Crippen LogP contribution < -0.4 is 4.52 Å². The Morgan fingerprint density at radius 1 is 1.12 bits per heavy atom. The third kappa shape index (κ3) is 3.02. The van der Waals surface area contributed by atoms with Crippen LogP contribution in [0.5, 0.6) is 5.75 Å². The highest BCUT2D eigenvalue weighted by Gasteiger charge is 2.34. The Bertz CT molecular complexity index is 374. The summed E-state index contributed by atoms with van der Waals surface area (Å²) in [5.41, 5.74) is 0.0307. The molecule has 0 heterocycles. The van der Waals surface area contributed by atoms with Crippen molar-refractivity contribution in [3.8, 4) is 5.75 Å². The maximum atomic E-state index is 12.3. The standard InChI is InChI=1S/C12H16ClO2P/c13-16(14,12-9-5-2-6-10-12)15-11-7-3-1-4-8-11/h1,3-4,7-8,12H,2,5-6,9-10H2. The van der Waals surface area contributed by atoms with Crippen molar-refractivity contribution in [3.05, 3.63) is 30.3 Å². The zero-order chi connectivity index (χ0) is 11.4. The maximum Gasteiger partial charge on any atom is 0.339 e. The van der Waals surface area contributed by atoms with Crippen molar-refractivity contribution in [3.63, 3.8) is 0 Å². The molecule has 0 amide bonds. The molecule has 0 spiro atoms. The SMILES string of the molecule is O=P(Cl)(Oc1ccccc1)C1CCCCC1. The number of para-hydroxylation sites is 1. The summed E-state index contributed by atoms with van der Waals surface area (Å²) < 4.78 is 17.7. The van der Waals surface area contributed by atoms with Gasteiger partial charge in [0.2, 0.25) is 0 Å². The largest absolute Gasteiger partial charge is 0.433 e. The first kappa shape index (κ1) is 12.0. The lowest BCUT2D eigenvalue weighted by atomic mass is 10.0. The molecular weight excluding hydrogens is 243 g/mol. The van der Waals surface area contributed by atoms with E-state index >= 15 is 0 Å². The van der Waals surface area contributed by atoms with Gasteiger partial charge in [0.05, 0.1) is 5.66 Å². The average Bonchev–Trinajstić information content (AvgIpc) is 2.31. The van der Waals surface area contributed by atoms with E-state index in [1.165, 1.54) is 6.42 Å². The van der Waals surface area contributed by atoms with E-state index in [1.54, 1.807) is 12.1 Å². The zero-order valence-corrected chi connectivity index (χ0v) is 10.8. The van der Waals surface area contributed by atoms with Gasteiger partial charge in [-0.3, -0.25) is 4.57 Å². The molecule has 0 aliphatic heterocycles. The molecule has 0 radical (unpaired) electrons. The maximum absolute atomic E-state index is 12.3. The van der Waals surface area contributed by atoms with Gasteiger partial charge >= 0.3 is 6.72 Å². The number of benzene rings is 1. The molecular formula is C12H16ClO2P. The minimum atomic E-state index is -3.02. The van der Waals surface area contributed by atoms with Crippen molar-refractivity contribution >= 4 is 18.0 Å². The average molecular weight is 259 g/mol. The van der Waals surface area contributed by atoms with E-state index < -0.39 is 6.72 Å². The van der Waals surface area contributed by atoms with Gasteiger partial charge < -0.3 is 4.52 Å². The number of hydrogen-bond donors (Lipinski definition) is 0. The lowest BCUT2D eigenvalue weighted by molar-refractivity contribution is 0.439. The summed E-state index contributed by atoms with van der Waals surface area (Å²) in [6.07, 6.45) is 5.29. The highest BCUT2D eigenvalue weighted by Crippen LogP contribution is 2.60. The first-order valence-corrected chi connectivity index (χ1v) is 8.32. The number of hydrogen-bond acceptors (Lipinski definition) is 2. The molecule has 1 fully saturated rings. The fraction of sp³-hybridized carbons (Fsp3) is 0.500. The van der Waals surface area contributed by atoms with Crippen LogP contribution >= 0.6 is 18.0 Å². The van der Waals surface area contributed by atoms with Crippen molar-refractivity contribution < 1.29 is 9.09 Å². The van der Waals surface area contributed by atoms with Crippen LogP contribution in [0.1, 0.15) is 32.1 Å². The van der Waals surface area contributed by atoms with Gasteiger partial charge in [0.25, 0.3) is 0 Å². The molecule has 2 nitrogen and oxygen atoms in total. The van der Waals surface area contributed by atoms with Crippen LogP contribution in [-0.2, 0) is 4.57 Å². The van der Waals surface area contributed by atoms with E-state index in [9.17, 15) is 4.57 Å². The molecule has 1 aliphatic carbocycles. The summed E-state index contributed by atoms with van der Waals surface area (Å²) >= 11 is 6.08. The minimum absolute atomic E-state index is 0.0307. The Morgan fingerprint density at radius 2 is 1.75 bits per heavy atom. The lowest BCUT2D eigenvalue weighted by Gasteiger charge is -2.25. The molecule has 1 aliphatic rings. The summed E-state index contributed by atoms with van der Waals surface area (Å²) in [5.74, 6) is 0.603. The van der Waals surface area contributed by atoms with Crippen LogP contribution in [0.2, 0.25) is 0 Å². The van der Waals surface area contributed by atoms with Crippen LogP contribution in [0, 0.1) is 0 Å². The van der Waals surface area contributed by atoms with Crippen LogP contribution in [0.25, 0.3) is 0 Å². The topological polar surface area (TPSA) is 26.3 Å². The molecule has 2 rings (SSSR count). The first-order valence-electron chi connectivity index (χ1n) is 5.72. The Labute approximate surface area is 101 Å². The first-order chi connectivity index (χ1) is 7.68. The second-order valence-electron chi connectivity index (χ2n) is 4.22. The van der Waals surface area contributed by atoms with Gasteiger partial charge in [-0.05, 0) is 36.2 Å². The van der Waals surface area contributed by atoms with E-state index in [2.05, 4.69) is 0 Å². The Balaban J connectivity index is 2.04. The minimum Gasteiger partial charge on any atom is -0.433 e. The molecule has 1 atom stereocenters. The molecule has 16 heavy (non-hydrogen) atoms. The van der Waals surface area contributed by atoms with Crippen molar-refractivity contribution in [2.75, 3.05) is 0 Å². The lowest BCUT2D eigenvalue weighted by Crippen LogP contribution is -2.13. The quantitative estimate of drug-likeness (QED) is 0.726. The fourth-order valence-electron chi connectivity index (χ4n) is 2.09. The van der Waals surface area contributed by atoms with Gasteiger partial charge in [-0.2, -0.15) is 0 Å². The number of rotatable bonds is 3. The predicted octanol–water partition coefficient (Wildman–Crippen LogP) is 4.83. The van der Waals surface area contributed by atoms with Gasteiger partial charge in [0, 0.05) is 0 Å². The molecule has 1 unspecified atom stereocenters. The van der Waals surface area contributed by atoms with Gasteiger partial charge in [0.15, 0.2) is 0 Å². The van der Waals surface area contributed by atoms with Crippen molar-refractivity contribution in [1.82, 2.24) is 0 Å². The molecule has 0 bridgehead atoms. The highest BCUT2D eigenvalue weighted by atomic mass is 35.7. The molecule has 0 aromatic heterocycles. The highest BCUT2D eigenvalue weighted by molar-refractivity contribution is 7.86. The van der Waals surface area contributed by atoms with Gasteiger partial charge in [0.1, 0.15) is 5.75 Å². The van der Waals surface area contributed by atoms with Crippen LogP contribution in [-0.4, -0.2) is 5.66 Å². The molecule has 0 saturated heterocycles. The molecule has 1 saturated carbocycles. The molecule has 1 aromatic carbocycles. The Hall–Kier alpha value is -0.460. The third-order valence-corrected chi connectivity index (χ3v) is 5.87. The van der Waals surface area contributed by atoms with E-state index in [4.69, 9.17) is 15.8 Å². The summed E-state index contributed by atoms with van der Waals surface area (Å²) in [4.78, 5) is 0.